The number of alkyl halides is 3. The van der Waals surface area contributed by atoms with Gasteiger partial charge in [-0.15, -0.1) is 0 Å². The Hall–Kier alpha value is -2.89. The molecular weight excluding hydrogens is 452 g/mol. The number of fused-ring (bicyclic) bond motifs is 1. The van der Waals surface area contributed by atoms with E-state index < -0.39 is 18.9 Å². The molecule has 2 aromatic heterocycles. The molecule has 1 aliphatic rings. The van der Waals surface area contributed by atoms with Gasteiger partial charge in [0.05, 0.1) is 28.1 Å². The molecule has 0 saturated carbocycles. The Morgan fingerprint density at radius 2 is 2.03 bits per heavy atom. The minimum atomic E-state index is -4.67. The van der Waals surface area contributed by atoms with Gasteiger partial charge >= 0.3 is 6.18 Å². The zero-order valence-corrected chi connectivity index (χ0v) is 19.3. The fourth-order valence-electron chi connectivity index (χ4n) is 4.20. The molecule has 0 unspecified atom stereocenters. The number of hydrogen-bond donors (Lipinski definition) is 3. The van der Waals surface area contributed by atoms with Crippen LogP contribution >= 0.6 is 7.14 Å². The van der Waals surface area contributed by atoms with Gasteiger partial charge in [0.25, 0.3) is 0 Å². The van der Waals surface area contributed by atoms with Crippen LogP contribution in [0.5, 0.6) is 0 Å². The van der Waals surface area contributed by atoms with Crippen LogP contribution < -0.4 is 15.9 Å². The second kappa shape index (κ2) is 8.47. The summed E-state index contributed by atoms with van der Waals surface area (Å²) in [5, 5.41) is 16.7. The van der Waals surface area contributed by atoms with Crippen molar-refractivity contribution in [2.45, 2.75) is 38.0 Å². The Morgan fingerprint density at radius 1 is 1.27 bits per heavy atom. The van der Waals surface area contributed by atoms with E-state index in [1.54, 1.807) is 6.07 Å². The van der Waals surface area contributed by atoms with E-state index in [0.717, 1.165) is 19.0 Å². The minimum Gasteiger partial charge on any atom is -0.360 e. The van der Waals surface area contributed by atoms with E-state index in [1.807, 2.05) is 6.07 Å². The van der Waals surface area contributed by atoms with E-state index in [-0.39, 0.29) is 28.8 Å². The number of H-pyrrole nitrogens is 1. The monoisotopic (exact) mass is 476 g/mol. The largest absolute Gasteiger partial charge is 0.419 e. The number of benzene rings is 1. The standard InChI is InChI=1S/C22H24F3N6OP/c1-12-4-6-14(9-27-12)30-21-29-11-17(22(23,24)25)18(31-21)16-10-28-19-15(16)7-5-13(8-26)20(19)33(2,3)32/h5,7,10-12,14,27-28H,4,6,9H2,1-3H3,(H,29,30,31)/t12-,14-/m0/s1. The quantitative estimate of drug-likeness (QED) is 0.485. The second-order valence-electron chi connectivity index (χ2n) is 8.73. The first-order chi connectivity index (χ1) is 15.5. The van der Waals surface area contributed by atoms with E-state index >= 15 is 0 Å². The van der Waals surface area contributed by atoms with Crippen molar-refractivity contribution in [1.29, 1.82) is 5.26 Å². The molecule has 2 atom stereocenters. The van der Waals surface area contributed by atoms with E-state index in [4.69, 9.17) is 0 Å². The molecule has 0 radical (unpaired) electrons. The molecule has 33 heavy (non-hydrogen) atoms. The van der Waals surface area contributed by atoms with Crippen molar-refractivity contribution in [1.82, 2.24) is 20.3 Å². The van der Waals surface area contributed by atoms with Crippen molar-refractivity contribution in [3.05, 3.63) is 35.7 Å². The Kier molecular flexibility index (Phi) is 5.97. The first-order valence-electron chi connectivity index (χ1n) is 10.5. The summed E-state index contributed by atoms with van der Waals surface area (Å²) >= 11 is 0. The lowest BCUT2D eigenvalue weighted by Crippen LogP contribution is -2.43. The Balaban J connectivity index is 1.85. The average molecular weight is 476 g/mol. The van der Waals surface area contributed by atoms with Crippen LogP contribution in [0.25, 0.3) is 22.2 Å². The molecule has 1 aliphatic heterocycles. The lowest BCUT2D eigenvalue weighted by Gasteiger charge is -2.28. The zero-order chi connectivity index (χ0) is 24.0. The molecule has 174 valence electrons. The molecule has 3 aromatic rings. The maximum absolute atomic E-state index is 13.9. The number of halogens is 3. The Bertz CT molecular complexity index is 1280. The summed E-state index contributed by atoms with van der Waals surface area (Å²) in [5.41, 5.74) is -0.432. The van der Waals surface area contributed by atoms with E-state index in [9.17, 15) is 23.0 Å². The molecule has 3 heterocycles. The topological polar surface area (TPSA) is 106 Å². The lowest BCUT2D eigenvalue weighted by molar-refractivity contribution is -0.137. The summed E-state index contributed by atoms with van der Waals surface area (Å²) < 4.78 is 54.4. The van der Waals surface area contributed by atoms with E-state index in [1.165, 1.54) is 25.6 Å². The first kappa shape index (κ1) is 23.3. The molecular formula is C22H24F3N6OP. The van der Waals surface area contributed by atoms with Gasteiger partial charge in [0.15, 0.2) is 0 Å². The molecule has 1 aromatic carbocycles. The van der Waals surface area contributed by atoms with E-state index in [2.05, 4.69) is 32.5 Å². The molecule has 0 amide bonds. The van der Waals surface area contributed by atoms with Crippen LogP contribution in [-0.2, 0) is 10.7 Å². The van der Waals surface area contributed by atoms with Crippen molar-refractivity contribution in [2.24, 2.45) is 0 Å². The third-order valence-corrected chi connectivity index (χ3v) is 7.37. The maximum Gasteiger partial charge on any atom is 0.419 e. The molecule has 0 bridgehead atoms. The van der Waals surface area contributed by atoms with Crippen LogP contribution in [-0.4, -0.2) is 46.9 Å². The van der Waals surface area contributed by atoms with Crippen LogP contribution in [0.1, 0.15) is 30.9 Å². The summed E-state index contributed by atoms with van der Waals surface area (Å²) in [6.45, 7) is 5.79. The highest BCUT2D eigenvalue weighted by atomic mass is 31.2. The van der Waals surface area contributed by atoms with Gasteiger partial charge in [0.2, 0.25) is 5.95 Å². The molecule has 1 saturated heterocycles. The predicted octanol–water partition coefficient (Wildman–Crippen LogP) is 4.32. The fraction of sp³-hybridized carbons (Fsp3) is 0.409. The van der Waals surface area contributed by atoms with Crippen LogP contribution in [0.2, 0.25) is 0 Å². The van der Waals surface area contributed by atoms with Gasteiger partial charge in [0, 0.05) is 42.0 Å². The van der Waals surface area contributed by atoms with Gasteiger partial charge in [-0.1, -0.05) is 6.07 Å². The third-order valence-electron chi connectivity index (χ3n) is 5.83. The Labute approximate surface area is 189 Å². The normalized spacial score (nSPS) is 19.4. The highest BCUT2D eigenvalue weighted by Crippen LogP contribution is 2.42. The summed E-state index contributed by atoms with van der Waals surface area (Å²) in [7, 11) is -2.91. The van der Waals surface area contributed by atoms with Crippen molar-refractivity contribution >= 4 is 29.3 Å². The van der Waals surface area contributed by atoms with Crippen molar-refractivity contribution < 1.29 is 17.7 Å². The number of piperidine rings is 1. The van der Waals surface area contributed by atoms with Gasteiger partial charge in [-0.25, -0.2) is 9.97 Å². The molecule has 3 N–H and O–H groups in total. The number of nitrogens with one attached hydrogen (secondary N) is 3. The minimum absolute atomic E-state index is 0.00427. The highest BCUT2D eigenvalue weighted by molar-refractivity contribution is 7.70. The van der Waals surface area contributed by atoms with Gasteiger partial charge in [-0.3, -0.25) is 0 Å². The molecule has 0 aliphatic carbocycles. The maximum atomic E-state index is 13.9. The number of rotatable bonds is 4. The molecule has 1 fully saturated rings. The number of anilines is 1. The average Bonchev–Trinajstić information content (AvgIpc) is 3.17. The second-order valence-corrected chi connectivity index (χ2v) is 11.9. The number of nitrogens with zero attached hydrogens (tertiary/aromatic N) is 3. The molecule has 4 rings (SSSR count). The van der Waals surface area contributed by atoms with Gasteiger partial charge in [-0.05, 0) is 39.2 Å². The predicted molar refractivity (Wildman–Crippen MR) is 122 cm³/mol. The van der Waals surface area contributed by atoms with Crippen LogP contribution in [0.4, 0.5) is 19.1 Å². The summed E-state index contributed by atoms with van der Waals surface area (Å²) in [4.78, 5) is 11.1. The number of hydrogen-bond acceptors (Lipinski definition) is 6. The van der Waals surface area contributed by atoms with Crippen LogP contribution in [0.15, 0.2) is 24.5 Å². The zero-order valence-electron chi connectivity index (χ0n) is 18.4. The third kappa shape index (κ3) is 4.61. The number of nitriles is 1. The smallest absolute Gasteiger partial charge is 0.360 e. The highest BCUT2D eigenvalue weighted by Gasteiger charge is 2.36. The van der Waals surface area contributed by atoms with Crippen molar-refractivity contribution in [2.75, 3.05) is 25.2 Å². The van der Waals surface area contributed by atoms with E-state index in [0.29, 0.717) is 28.8 Å². The molecule has 0 spiro atoms. The fourth-order valence-corrected chi connectivity index (χ4v) is 5.63. The molecule has 11 heteroatoms. The number of aromatic nitrogens is 3. The summed E-state index contributed by atoms with van der Waals surface area (Å²) in [6, 6.07) is 5.45. The summed E-state index contributed by atoms with van der Waals surface area (Å²) in [6.07, 6.45) is -0.678. The van der Waals surface area contributed by atoms with Gasteiger partial charge in [0.1, 0.15) is 12.7 Å². The number of aromatic amines is 1. The molecule has 7 nitrogen and oxygen atoms in total. The van der Waals surface area contributed by atoms with Gasteiger partial charge < -0.3 is 20.2 Å². The van der Waals surface area contributed by atoms with Gasteiger partial charge in [-0.2, -0.15) is 18.4 Å². The van der Waals surface area contributed by atoms with Crippen molar-refractivity contribution in [3.8, 4) is 17.3 Å². The first-order valence-corrected chi connectivity index (χ1v) is 13.1. The Morgan fingerprint density at radius 3 is 2.64 bits per heavy atom. The van der Waals surface area contributed by atoms with Crippen LogP contribution in [0.3, 0.4) is 0 Å². The summed E-state index contributed by atoms with van der Waals surface area (Å²) in [5.74, 6) is 0.110. The lowest BCUT2D eigenvalue weighted by atomic mass is 10.0. The van der Waals surface area contributed by atoms with Crippen molar-refractivity contribution in [3.63, 3.8) is 0 Å². The van der Waals surface area contributed by atoms with Crippen LogP contribution in [0, 0.1) is 11.3 Å². The SMILES string of the molecule is C[C@H]1CC[C@H](Nc2ncc(C(F)(F)F)c(-c3c[nH]c4c(P(C)(C)=O)c(C#N)ccc34)n2)CN1.